The summed E-state index contributed by atoms with van der Waals surface area (Å²) in [7, 11) is 0. The molecule has 0 spiro atoms. The van der Waals surface area contributed by atoms with Gasteiger partial charge in [0.05, 0.1) is 11.1 Å². The van der Waals surface area contributed by atoms with E-state index in [1.165, 1.54) is 19.1 Å². The molecule has 3 aromatic carbocycles. The Balaban J connectivity index is 1.45. The normalized spacial score (nSPS) is 10.8. The van der Waals surface area contributed by atoms with Gasteiger partial charge in [0.1, 0.15) is 5.82 Å². The largest absolute Gasteiger partial charge is 0.322 e. The number of aromatic amines is 1. The molecule has 0 aliphatic heterocycles. The molecule has 0 aliphatic rings. The van der Waals surface area contributed by atoms with E-state index in [-0.39, 0.29) is 11.5 Å². The lowest BCUT2D eigenvalue weighted by Crippen LogP contribution is -2.13. The fourth-order valence-corrected chi connectivity index (χ4v) is 3.94. The highest BCUT2D eigenvalue weighted by molar-refractivity contribution is 7.99. The summed E-state index contributed by atoms with van der Waals surface area (Å²) in [6.45, 7) is 3.25. The Morgan fingerprint density at radius 3 is 2.45 bits per heavy atom. The number of amides is 2. The molecule has 0 unspecified atom stereocenters. The molecule has 0 atom stereocenters. The first-order valence-corrected chi connectivity index (χ1v) is 10.3. The van der Waals surface area contributed by atoms with Gasteiger partial charge < -0.3 is 10.6 Å². The van der Waals surface area contributed by atoms with Gasteiger partial charge in [0.25, 0.3) is 5.91 Å². The van der Waals surface area contributed by atoms with Crippen LogP contribution in [0.1, 0.15) is 22.8 Å². The number of nitrogens with zero attached hydrogens (tertiary/aromatic N) is 1. The van der Waals surface area contributed by atoms with Crippen LogP contribution in [0.25, 0.3) is 10.9 Å². The zero-order valence-electron chi connectivity index (χ0n) is 16.8. The molecule has 0 radical (unpaired) electrons. The van der Waals surface area contributed by atoms with Crippen molar-refractivity contribution in [3.8, 4) is 0 Å². The molecule has 31 heavy (non-hydrogen) atoms. The van der Waals surface area contributed by atoms with E-state index in [0.29, 0.717) is 11.5 Å². The molecule has 1 heterocycles. The molecule has 4 aromatic rings. The number of hydrogen-bond donors (Lipinski definition) is 3. The summed E-state index contributed by atoms with van der Waals surface area (Å²) in [4.78, 5) is 25.6. The van der Waals surface area contributed by atoms with Crippen LogP contribution in [0.2, 0.25) is 0 Å². The number of H-pyrrole nitrogens is 1. The van der Waals surface area contributed by atoms with Gasteiger partial charge in [-0.1, -0.05) is 23.4 Å². The second-order valence-electron chi connectivity index (χ2n) is 7.02. The van der Waals surface area contributed by atoms with E-state index in [9.17, 15) is 14.0 Å². The highest BCUT2D eigenvalue weighted by Gasteiger charge is 2.12. The van der Waals surface area contributed by atoms with Crippen LogP contribution in [-0.2, 0) is 4.79 Å². The number of rotatable bonds is 5. The number of carbonyl (C=O) groups excluding carboxylic acids is 2. The van der Waals surface area contributed by atoms with Gasteiger partial charge in [-0.2, -0.15) is 5.10 Å². The molecule has 3 N–H and O–H groups in total. The third-order valence-corrected chi connectivity index (χ3v) is 5.54. The maximum atomic E-state index is 13.9. The predicted octanol–water partition coefficient (Wildman–Crippen LogP) is 5.37. The summed E-state index contributed by atoms with van der Waals surface area (Å²) < 4.78 is 13.9. The lowest BCUT2D eigenvalue weighted by molar-refractivity contribution is -0.114. The Hall–Kier alpha value is -3.65. The van der Waals surface area contributed by atoms with Gasteiger partial charge >= 0.3 is 0 Å². The van der Waals surface area contributed by atoms with Crippen molar-refractivity contribution in [1.82, 2.24) is 10.2 Å². The topological polar surface area (TPSA) is 86.9 Å². The number of benzene rings is 3. The Morgan fingerprint density at radius 1 is 0.968 bits per heavy atom. The van der Waals surface area contributed by atoms with Crippen LogP contribution in [0, 0.1) is 12.7 Å². The maximum absolute atomic E-state index is 13.9. The predicted molar refractivity (Wildman–Crippen MR) is 120 cm³/mol. The van der Waals surface area contributed by atoms with Crippen LogP contribution >= 0.6 is 11.8 Å². The minimum atomic E-state index is -0.550. The number of aromatic nitrogens is 2. The average Bonchev–Trinajstić information content (AvgIpc) is 3.12. The number of halogens is 1. The van der Waals surface area contributed by atoms with Crippen LogP contribution in [0.5, 0.6) is 0 Å². The standard InChI is InChI=1S/C23H19FN4O2S/c1-13-3-10-20(24)19(11-13)23(30)26-15-4-6-16(7-5-15)31-17-8-9-18-21(12-17)27-28-22(18)25-14(2)29/h3-12H,1-2H3,(H,26,30)(H2,25,27,28,29). The molecular weight excluding hydrogens is 415 g/mol. The molecule has 156 valence electrons. The third kappa shape index (κ3) is 4.75. The summed E-state index contributed by atoms with van der Waals surface area (Å²) >= 11 is 1.55. The average molecular weight is 434 g/mol. The van der Waals surface area contributed by atoms with E-state index in [0.717, 1.165) is 26.3 Å². The fourth-order valence-electron chi connectivity index (χ4n) is 3.08. The molecule has 1 aromatic heterocycles. The van der Waals surface area contributed by atoms with E-state index in [4.69, 9.17) is 0 Å². The Kier molecular flexibility index (Phi) is 5.73. The maximum Gasteiger partial charge on any atom is 0.258 e. The lowest BCUT2D eigenvalue weighted by atomic mass is 10.1. The zero-order valence-corrected chi connectivity index (χ0v) is 17.6. The Labute approximate surface area is 182 Å². The second-order valence-corrected chi connectivity index (χ2v) is 8.17. The molecule has 0 fully saturated rings. The number of carbonyl (C=O) groups is 2. The van der Waals surface area contributed by atoms with Gasteiger partial charge in [-0.05, 0) is 61.5 Å². The minimum absolute atomic E-state index is 0.0185. The van der Waals surface area contributed by atoms with E-state index in [2.05, 4.69) is 20.8 Å². The quantitative estimate of drug-likeness (QED) is 0.394. The van der Waals surface area contributed by atoms with Crippen molar-refractivity contribution in [1.29, 1.82) is 0 Å². The van der Waals surface area contributed by atoms with Gasteiger partial charge in [0, 0.05) is 27.8 Å². The van der Waals surface area contributed by atoms with Gasteiger partial charge in [-0.15, -0.1) is 0 Å². The van der Waals surface area contributed by atoms with E-state index < -0.39 is 11.7 Å². The summed E-state index contributed by atoms with van der Waals surface area (Å²) in [5.74, 6) is -0.708. The molecule has 0 saturated carbocycles. The fraction of sp³-hybridized carbons (Fsp3) is 0.0870. The number of fused-ring (bicyclic) bond motifs is 1. The molecule has 0 saturated heterocycles. The van der Waals surface area contributed by atoms with Gasteiger partial charge in [-0.3, -0.25) is 14.7 Å². The van der Waals surface area contributed by atoms with Gasteiger partial charge in [-0.25, -0.2) is 4.39 Å². The minimum Gasteiger partial charge on any atom is -0.322 e. The molecule has 4 rings (SSSR count). The first kappa shape index (κ1) is 20.6. The van der Waals surface area contributed by atoms with Crippen LogP contribution in [0.15, 0.2) is 70.5 Å². The van der Waals surface area contributed by atoms with E-state index >= 15 is 0 Å². The van der Waals surface area contributed by atoms with Gasteiger partial charge in [0.15, 0.2) is 5.82 Å². The first-order chi connectivity index (χ1) is 14.9. The molecule has 8 heteroatoms. The van der Waals surface area contributed by atoms with Gasteiger partial charge in [0.2, 0.25) is 5.91 Å². The summed E-state index contributed by atoms with van der Waals surface area (Å²) in [6, 6.07) is 17.6. The number of nitrogens with one attached hydrogen (secondary N) is 3. The molecule has 6 nitrogen and oxygen atoms in total. The van der Waals surface area contributed by atoms with Crippen molar-refractivity contribution in [3.05, 3.63) is 77.6 Å². The highest BCUT2D eigenvalue weighted by atomic mass is 32.2. The smallest absolute Gasteiger partial charge is 0.258 e. The van der Waals surface area contributed by atoms with Crippen molar-refractivity contribution >= 4 is 46.0 Å². The third-order valence-electron chi connectivity index (χ3n) is 4.54. The summed E-state index contributed by atoms with van der Waals surface area (Å²) in [5, 5.41) is 13.3. The number of anilines is 2. The van der Waals surface area contributed by atoms with Crippen molar-refractivity contribution in [2.45, 2.75) is 23.6 Å². The van der Waals surface area contributed by atoms with Crippen LogP contribution in [-0.4, -0.2) is 22.0 Å². The van der Waals surface area contributed by atoms with Crippen molar-refractivity contribution < 1.29 is 14.0 Å². The molecule has 2 amide bonds. The molecule has 0 aliphatic carbocycles. The molecular formula is C23H19FN4O2S. The van der Waals surface area contributed by atoms with E-state index in [1.54, 1.807) is 30.0 Å². The van der Waals surface area contributed by atoms with Crippen LogP contribution in [0.4, 0.5) is 15.9 Å². The highest BCUT2D eigenvalue weighted by Crippen LogP contribution is 2.32. The summed E-state index contributed by atoms with van der Waals surface area (Å²) in [6.07, 6.45) is 0. The number of hydrogen-bond acceptors (Lipinski definition) is 4. The van der Waals surface area contributed by atoms with Crippen molar-refractivity contribution in [2.24, 2.45) is 0 Å². The number of aryl methyl sites for hydroxylation is 1. The van der Waals surface area contributed by atoms with Crippen LogP contribution < -0.4 is 10.6 Å². The van der Waals surface area contributed by atoms with Crippen LogP contribution in [0.3, 0.4) is 0 Å². The second kappa shape index (κ2) is 8.61. The van der Waals surface area contributed by atoms with Crippen molar-refractivity contribution in [2.75, 3.05) is 10.6 Å². The SMILES string of the molecule is CC(=O)Nc1n[nH]c2cc(Sc3ccc(NC(=O)c4cc(C)ccc4F)cc3)ccc12. The Bertz CT molecular complexity index is 1280. The summed E-state index contributed by atoms with van der Waals surface area (Å²) in [5.41, 5.74) is 2.23. The lowest BCUT2D eigenvalue weighted by Gasteiger charge is -2.08. The molecule has 0 bridgehead atoms. The zero-order chi connectivity index (χ0) is 22.0. The monoisotopic (exact) mass is 434 g/mol. The van der Waals surface area contributed by atoms with E-state index in [1.807, 2.05) is 37.3 Å². The van der Waals surface area contributed by atoms with Crippen molar-refractivity contribution in [3.63, 3.8) is 0 Å². The Morgan fingerprint density at radius 2 is 1.71 bits per heavy atom. The first-order valence-electron chi connectivity index (χ1n) is 9.50.